The van der Waals surface area contributed by atoms with E-state index in [2.05, 4.69) is 25.4 Å². The van der Waals surface area contributed by atoms with Gasteiger partial charge in [-0.05, 0) is 30.7 Å². The number of hydrogen-bond donors (Lipinski definition) is 3. The fourth-order valence-corrected chi connectivity index (χ4v) is 3.70. The van der Waals surface area contributed by atoms with Gasteiger partial charge in [0.25, 0.3) is 11.8 Å². The minimum Gasteiger partial charge on any atom is -0.469 e. The van der Waals surface area contributed by atoms with Crippen LogP contribution in [0.3, 0.4) is 0 Å². The highest BCUT2D eigenvalue weighted by molar-refractivity contribution is 6.33. The number of benzene rings is 1. The van der Waals surface area contributed by atoms with Crippen molar-refractivity contribution in [3.05, 3.63) is 29.8 Å². The predicted molar refractivity (Wildman–Crippen MR) is 131 cm³/mol. The SMILES string of the molecule is COC(=O)CCC(NC(=O)c1ccc(NCC2=NC3C(=O)N(C)C(=N)N(C)C3N=C2)cc1)C(=O)OC. The molecule has 2 heterocycles. The van der Waals surface area contributed by atoms with Gasteiger partial charge in [0.15, 0.2) is 12.2 Å². The molecule has 13 heteroatoms. The number of carbonyl (C=O) groups is 4. The number of guanidine groups is 1. The van der Waals surface area contributed by atoms with Crippen LogP contribution in [-0.4, -0.2) is 105 Å². The highest BCUT2D eigenvalue weighted by Gasteiger charge is 2.42. The summed E-state index contributed by atoms with van der Waals surface area (Å²) in [6.45, 7) is 0.300. The van der Waals surface area contributed by atoms with Gasteiger partial charge in [0, 0.05) is 38.0 Å². The highest BCUT2D eigenvalue weighted by atomic mass is 16.5. The zero-order valence-electron chi connectivity index (χ0n) is 20.5. The first-order valence-electron chi connectivity index (χ1n) is 11.1. The van der Waals surface area contributed by atoms with E-state index in [-0.39, 0.29) is 24.7 Å². The minimum atomic E-state index is -0.990. The molecular formula is C23H29N7O6. The third-order valence-electron chi connectivity index (χ3n) is 5.87. The van der Waals surface area contributed by atoms with Crippen LogP contribution in [0.4, 0.5) is 5.69 Å². The molecule has 1 aromatic rings. The minimum absolute atomic E-state index is 0.0467. The molecule has 2 amide bonds. The molecule has 1 fully saturated rings. The molecule has 0 radical (unpaired) electrons. The first kappa shape index (κ1) is 26.3. The van der Waals surface area contributed by atoms with Gasteiger partial charge in [0.05, 0.1) is 26.5 Å². The third-order valence-corrected chi connectivity index (χ3v) is 5.87. The van der Waals surface area contributed by atoms with Gasteiger partial charge in [-0.25, -0.2) is 4.79 Å². The van der Waals surface area contributed by atoms with Gasteiger partial charge in [-0.1, -0.05) is 0 Å². The second-order valence-corrected chi connectivity index (χ2v) is 8.18. The van der Waals surface area contributed by atoms with Crippen molar-refractivity contribution in [2.45, 2.75) is 31.1 Å². The Hall–Kier alpha value is -4.29. The fraction of sp³-hybridized carbons (Fsp3) is 0.435. The number of likely N-dealkylation sites (N-methyl/N-ethyl adjacent to an activating group) is 2. The Kier molecular flexibility index (Phi) is 8.35. The molecule has 3 atom stereocenters. The number of rotatable bonds is 9. The van der Waals surface area contributed by atoms with Crippen molar-refractivity contribution in [1.82, 2.24) is 15.1 Å². The van der Waals surface area contributed by atoms with Gasteiger partial charge in [-0.2, -0.15) is 0 Å². The Balaban J connectivity index is 1.58. The average molecular weight is 500 g/mol. The molecule has 2 aliphatic rings. The summed E-state index contributed by atoms with van der Waals surface area (Å²) in [7, 11) is 5.68. The molecule has 0 bridgehead atoms. The quantitative estimate of drug-likeness (QED) is 0.396. The smallest absolute Gasteiger partial charge is 0.328 e. The standard InChI is InChI=1S/C23H29N7O6/c1-29-19-18(21(33)30(2)23(29)24)27-15(12-26-19)11-25-14-7-5-13(6-8-14)20(32)28-16(22(34)36-4)9-10-17(31)35-3/h5-8,12,16,18-19,24-25H,9-11H2,1-4H3,(H,28,32). The Morgan fingerprint density at radius 1 is 1.14 bits per heavy atom. The lowest BCUT2D eigenvalue weighted by Crippen LogP contribution is -2.62. The van der Waals surface area contributed by atoms with Crippen LogP contribution >= 0.6 is 0 Å². The molecule has 1 saturated heterocycles. The topological polar surface area (TPSA) is 166 Å². The van der Waals surface area contributed by atoms with Gasteiger partial charge in [-0.15, -0.1) is 0 Å². The summed E-state index contributed by atoms with van der Waals surface area (Å²) in [6.07, 6.45) is 1.05. The van der Waals surface area contributed by atoms with E-state index in [0.717, 1.165) is 0 Å². The second-order valence-electron chi connectivity index (χ2n) is 8.18. The summed E-state index contributed by atoms with van der Waals surface area (Å²) in [5, 5.41) is 13.7. The van der Waals surface area contributed by atoms with Crippen molar-refractivity contribution in [2.75, 3.05) is 40.2 Å². The van der Waals surface area contributed by atoms with Crippen LogP contribution in [0.2, 0.25) is 0 Å². The summed E-state index contributed by atoms with van der Waals surface area (Å²) in [6, 6.07) is 4.83. The van der Waals surface area contributed by atoms with Crippen LogP contribution in [-0.2, 0) is 23.9 Å². The molecule has 0 spiro atoms. The molecule has 0 aromatic heterocycles. The van der Waals surface area contributed by atoms with E-state index in [1.807, 2.05) is 0 Å². The van der Waals surface area contributed by atoms with Crippen LogP contribution in [0.5, 0.6) is 0 Å². The fourth-order valence-electron chi connectivity index (χ4n) is 3.70. The zero-order valence-corrected chi connectivity index (χ0v) is 20.5. The summed E-state index contributed by atoms with van der Waals surface area (Å²) in [5.41, 5.74) is 1.59. The van der Waals surface area contributed by atoms with Crippen molar-refractivity contribution in [1.29, 1.82) is 5.41 Å². The number of methoxy groups -OCH3 is 2. The molecule has 3 rings (SSSR count). The van der Waals surface area contributed by atoms with Gasteiger partial charge >= 0.3 is 11.9 Å². The first-order chi connectivity index (χ1) is 17.2. The summed E-state index contributed by atoms with van der Waals surface area (Å²) >= 11 is 0. The number of esters is 2. The van der Waals surface area contributed by atoms with E-state index < -0.39 is 36.1 Å². The molecule has 13 nitrogen and oxygen atoms in total. The average Bonchev–Trinajstić information content (AvgIpc) is 2.91. The highest BCUT2D eigenvalue weighted by Crippen LogP contribution is 2.21. The van der Waals surface area contributed by atoms with Crippen molar-refractivity contribution >= 4 is 47.3 Å². The molecule has 1 aromatic carbocycles. The van der Waals surface area contributed by atoms with Crippen molar-refractivity contribution in [3.8, 4) is 0 Å². The maximum absolute atomic E-state index is 12.6. The van der Waals surface area contributed by atoms with Crippen LogP contribution < -0.4 is 10.6 Å². The maximum atomic E-state index is 12.6. The van der Waals surface area contributed by atoms with Crippen LogP contribution in [0.25, 0.3) is 0 Å². The summed E-state index contributed by atoms with van der Waals surface area (Å²) in [4.78, 5) is 60.2. The molecule has 3 unspecified atom stereocenters. The van der Waals surface area contributed by atoms with Crippen LogP contribution in [0, 0.1) is 5.41 Å². The Bertz CT molecular complexity index is 1100. The van der Waals surface area contributed by atoms with E-state index in [4.69, 9.17) is 10.1 Å². The zero-order chi connectivity index (χ0) is 26.4. The molecule has 3 N–H and O–H groups in total. The van der Waals surface area contributed by atoms with E-state index in [9.17, 15) is 19.2 Å². The third kappa shape index (κ3) is 5.85. The van der Waals surface area contributed by atoms with Gasteiger partial charge in [0.1, 0.15) is 6.04 Å². The van der Waals surface area contributed by atoms with E-state index in [1.54, 1.807) is 42.4 Å². The van der Waals surface area contributed by atoms with Crippen molar-refractivity contribution in [3.63, 3.8) is 0 Å². The number of hydrogen-bond acceptors (Lipinski definition) is 10. The lowest BCUT2D eigenvalue weighted by Gasteiger charge is -2.41. The summed E-state index contributed by atoms with van der Waals surface area (Å²) < 4.78 is 9.28. The molecule has 192 valence electrons. The van der Waals surface area contributed by atoms with Crippen LogP contribution in [0.1, 0.15) is 23.2 Å². The molecule has 0 saturated carbocycles. The largest absolute Gasteiger partial charge is 0.469 e. The Labute approximate surface area is 208 Å². The number of carbonyl (C=O) groups excluding carboxylic acids is 4. The van der Waals surface area contributed by atoms with Gasteiger partial charge < -0.3 is 25.0 Å². The number of ether oxygens (including phenoxy) is 2. The molecule has 2 aliphatic heterocycles. The second kappa shape index (κ2) is 11.4. The first-order valence-corrected chi connectivity index (χ1v) is 11.1. The summed E-state index contributed by atoms with van der Waals surface area (Å²) in [5.74, 6) is -1.87. The van der Waals surface area contributed by atoms with E-state index in [1.165, 1.54) is 26.2 Å². The van der Waals surface area contributed by atoms with Gasteiger partial charge in [-0.3, -0.25) is 34.7 Å². The number of anilines is 1. The Morgan fingerprint density at radius 2 is 1.83 bits per heavy atom. The lowest BCUT2D eigenvalue weighted by atomic mass is 10.1. The van der Waals surface area contributed by atoms with E-state index in [0.29, 0.717) is 23.5 Å². The van der Waals surface area contributed by atoms with Crippen molar-refractivity contribution < 1.29 is 28.7 Å². The van der Waals surface area contributed by atoms with Gasteiger partial charge in [0.2, 0.25) is 5.96 Å². The van der Waals surface area contributed by atoms with E-state index >= 15 is 0 Å². The monoisotopic (exact) mass is 499 g/mol. The van der Waals surface area contributed by atoms with Crippen molar-refractivity contribution in [2.24, 2.45) is 9.98 Å². The molecule has 0 aliphatic carbocycles. The Morgan fingerprint density at radius 3 is 2.47 bits per heavy atom. The van der Waals surface area contributed by atoms with Crippen LogP contribution in [0.15, 0.2) is 34.3 Å². The number of aliphatic imine (C=N–C) groups is 2. The molecular weight excluding hydrogens is 470 g/mol. The maximum Gasteiger partial charge on any atom is 0.328 e. The predicted octanol–water partition coefficient (Wildman–Crippen LogP) is -0.118. The number of amides is 2. The number of nitrogens with one attached hydrogen (secondary N) is 3. The molecule has 36 heavy (non-hydrogen) atoms. The normalized spacial score (nSPS) is 19.7. The number of fused-ring (bicyclic) bond motifs is 1. The lowest BCUT2D eigenvalue weighted by molar-refractivity contribution is -0.144. The number of nitrogens with zero attached hydrogens (tertiary/aromatic N) is 4.